The maximum absolute atomic E-state index is 12.7. The Balaban J connectivity index is 1.63. The van der Waals surface area contributed by atoms with E-state index in [0.717, 1.165) is 35.2 Å². The number of hydrogen-bond acceptors (Lipinski definition) is 4. The number of halogens is 1. The molecule has 0 radical (unpaired) electrons. The van der Waals surface area contributed by atoms with Gasteiger partial charge in [0, 0.05) is 15.6 Å². The average molecular weight is 374 g/mol. The molecule has 2 heterocycles. The lowest BCUT2D eigenvalue weighted by molar-refractivity contribution is 0.623. The Morgan fingerprint density at radius 2 is 1.88 bits per heavy atom. The summed E-state index contributed by atoms with van der Waals surface area (Å²) in [6, 6.07) is 7.50. The van der Waals surface area contributed by atoms with E-state index in [0.29, 0.717) is 17.4 Å². The van der Waals surface area contributed by atoms with E-state index in [1.807, 2.05) is 24.3 Å². The van der Waals surface area contributed by atoms with E-state index in [9.17, 15) is 4.79 Å². The van der Waals surface area contributed by atoms with Crippen LogP contribution in [0.5, 0.6) is 0 Å². The van der Waals surface area contributed by atoms with Crippen molar-refractivity contribution in [3.63, 3.8) is 0 Å². The molecule has 3 aromatic rings. The van der Waals surface area contributed by atoms with Gasteiger partial charge in [0.2, 0.25) is 0 Å². The molecule has 4 rings (SSSR count). The third kappa shape index (κ3) is 3.58. The van der Waals surface area contributed by atoms with Gasteiger partial charge in [-0.2, -0.15) is 0 Å². The molecular formula is C19H20ClN3OS. The molecule has 1 aliphatic carbocycles. The van der Waals surface area contributed by atoms with Gasteiger partial charge >= 0.3 is 0 Å². The van der Waals surface area contributed by atoms with Gasteiger partial charge in [-0.25, -0.2) is 4.98 Å². The van der Waals surface area contributed by atoms with Gasteiger partial charge in [-0.05, 0) is 55.5 Å². The normalized spacial score (nSPS) is 14.8. The van der Waals surface area contributed by atoms with E-state index in [2.05, 4.69) is 10.3 Å². The number of nitrogens with one attached hydrogen (secondary N) is 2. The van der Waals surface area contributed by atoms with Crippen molar-refractivity contribution in [2.24, 2.45) is 0 Å². The van der Waals surface area contributed by atoms with Gasteiger partial charge in [0.05, 0.1) is 11.9 Å². The summed E-state index contributed by atoms with van der Waals surface area (Å²) in [7, 11) is 0. The molecule has 0 unspecified atom stereocenters. The summed E-state index contributed by atoms with van der Waals surface area (Å²) in [5, 5.41) is 4.80. The zero-order valence-corrected chi connectivity index (χ0v) is 15.5. The third-order valence-electron chi connectivity index (χ3n) is 4.68. The Kier molecular flexibility index (Phi) is 4.77. The van der Waals surface area contributed by atoms with Crippen molar-refractivity contribution >= 4 is 38.8 Å². The molecule has 6 heteroatoms. The van der Waals surface area contributed by atoms with Crippen molar-refractivity contribution in [2.75, 3.05) is 5.32 Å². The van der Waals surface area contributed by atoms with Crippen LogP contribution in [0.3, 0.4) is 0 Å². The zero-order valence-electron chi connectivity index (χ0n) is 13.9. The molecule has 0 fully saturated rings. The van der Waals surface area contributed by atoms with Crippen molar-refractivity contribution < 1.29 is 0 Å². The first kappa shape index (κ1) is 16.6. The molecule has 0 amide bonds. The smallest absolute Gasteiger partial charge is 0.259 e. The van der Waals surface area contributed by atoms with E-state index >= 15 is 0 Å². The second kappa shape index (κ2) is 7.18. The highest BCUT2D eigenvalue weighted by Gasteiger charge is 2.18. The van der Waals surface area contributed by atoms with Gasteiger partial charge in [0.25, 0.3) is 5.56 Å². The maximum Gasteiger partial charge on any atom is 0.259 e. The van der Waals surface area contributed by atoms with E-state index < -0.39 is 0 Å². The summed E-state index contributed by atoms with van der Waals surface area (Å²) in [6.07, 6.45) is 7.00. The van der Waals surface area contributed by atoms with Crippen LogP contribution >= 0.6 is 22.9 Å². The van der Waals surface area contributed by atoms with Crippen molar-refractivity contribution in [3.8, 4) is 0 Å². The van der Waals surface area contributed by atoms with Crippen LogP contribution in [0.1, 0.15) is 41.9 Å². The van der Waals surface area contributed by atoms with Crippen LogP contribution in [0.2, 0.25) is 5.02 Å². The minimum Gasteiger partial charge on any atom is -0.378 e. The number of aromatic amines is 1. The predicted octanol–water partition coefficient (Wildman–Crippen LogP) is 4.91. The summed E-state index contributed by atoms with van der Waals surface area (Å²) >= 11 is 7.60. The highest BCUT2D eigenvalue weighted by molar-refractivity contribution is 7.18. The molecule has 0 saturated heterocycles. The number of fused-ring (bicyclic) bond motifs is 3. The Morgan fingerprint density at radius 3 is 2.68 bits per heavy atom. The van der Waals surface area contributed by atoms with Gasteiger partial charge in [-0.15, -0.1) is 11.3 Å². The Hall–Kier alpha value is -1.85. The summed E-state index contributed by atoms with van der Waals surface area (Å²) in [5.74, 6) is 0.668. The van der Waals surface area contributed by atoms with Crippen LogP contribution in [0.4, 0.5) is 5.69 Å². The van der Waals surface area contributed by atoms with Gasteiger partial charge in [-0.1, -0.05) is 24.4 Å². The first-order valence-corrected chi connectivity index (χ1v) is 9.93. The fourth-order valence-corrected chi connectivity index (χ4v) is 4.81. The van der Waals surface area contributed by atoms with Crippen molar-refractivity contribution in [1.82, 2.24) is 9.97 Å². The van der Waals surface area contributed by atoms with Gasteiger partial charge < -0.3 is 10.3 Å². The SMILES string of the molecule is O=c1[nH]c(CNc2ccc(Cl)cc2)nc2sc3c(c12)CCCCCC3. The van der Waals surface area contributed by atoms with Crippen LogP contribution in [-0.4, -0.2) is 9.97 Å². The summed E-state index contributed by atoms with van der Waals surface area (Å²) in [5.41, 5.74) is 2.19. The van der Waals surface area contributed by atoms with Crippen LogP contribution in [0, 0.1) is 0 Å². The van der Waals surface area contributed by atoms with Gasteiger partial charge in [0.15, 0.2) is 0 Å². The second-order valence-corrected chi connectivity index (χ2v) is 7.99. The number of anilines is 1. The lowest BCUT2D eigenvalue weighted by atomic mass is 9.98. The Morgan fingerprint density at radius 1 is 1.12 bits per heavy atom. The number of aryl methyl sites for hydroxylation is 2. The molecule has 0 bridgehead atoms. The molecular weight excluding hydrogens is 354 g/mol. The Labute approximate surface area is 155 Å². The number of hydrogen-bond donors (Lipinski definition) is 2. The minimum absolute atomic E-state index is 0.00372. The molecule has 0 spiro atoms. The first-order valence-electron chi connectivity index (χ1n) is 8.73. The lowest BCUT2D eigenvalue weighted by Crippen LogP contribution is -2.14. The standard InChI is InChI=1S/C19H20ClN3OS/c20-12-7-9-13(10-8-12)21-11-16-22-18(24)17-14-5-3-1-2-4-6-15(14)25-19(17)23-16/h7-10,21H,1-6,11H2,(H,22,23,24). The molecule has 2 aromatic heterocycles. The third-order valence-corrected chi connectivity index (χ3v) is 6.12. The van der Waals surface area contributed by atoms with Crippen LogP contribution in [0.25, 0.3) is 10.2 Å². The molecule has 1 aromatic carbocycles. The average Bonchev–Trinajstić information content (AvgIpc) is 2.91. The van der Waals surface area contributed by atoms with E-state index in [1.165, 1.54) is 29.7 Å². The van der Waals surface area contributed by atoms with Crippen molar-refractivity contribution in [3.05, 3.63) is 55.9 Å². The van der Waals surface area contributed by atoms with Crippen LogP contribution in [-0.2, 0) is 19.4 Å². The second-order valence-electron chi connectivity index (χ2n) is 6.47. The summed E-state index contributed by atoms with van der Waals surface area (Å²) in [6.45, 7) is 0.482. The fourth-order valence-electron chi connectivity index (χ4n) is 3.40. The van der Waals surface area contributed by atoms with Crippen LogP contribution < -0.4 is 10.9 Å². The quantitative estimate of drug-likeness (QED) is 0.685. The monoisotopic (exact) mass is 373 g/mol. The summed E-state index contributed by atoms with van der Waals surface area (Å²) < 4.78 is 0. The predicted molar refractivity (Wildman–Crippen MR) is 105 cm³/mol. The largest absolute Gasteiger partial charge is 0.378 e. The molecule has 2 N–H and O–H groups in total. The molecule has 0 saturated carbocycles. The van der Waals surface area contributed by atoms with Crippen molar-refractivity contribution in [2.45, 2.75) is 45.1 Å². The molecule has 4 nitrogen and oxygen atoms in total. The number of aromatic nitrogens is 2. The maximum atomic E-state index is 12.7. The number of nitrogens with zero attached hydrogens (tertiary/aromatic N) is 1. The van der Waals surface area contributed by atoms with E-state index in [1.54, 1.807) is 11.3 Å². The highest BCUT2D eigenvalue weighted by atomic mass is 35.5. The topological polar surface area (TPSA) is 57.8 Å². The highest BCUT2D eigenvalue weighted by Crippen LogP contribution is 2.32. The van der Waals surface area contributed by atoms with Gasteiger partial charge in [-0.3, -0.25) is 4.79 Å². The van der Waals surface area contributed by atoms with Crippen LogP contribution in [0.15, 0.2) is 29.1 Å². The number of rotatable bonds is 3. The molecule has 25 heavy (non-hydrogen) atoms. The number of thiophene rings is 1. The molecule has 1 aliphatic rings. The molecule has 0 aliphatic heterocycles. The number of benzene rings is 1. The fraction of sp³-hybridized carbons (Fsp3) is 0.368. The molecule has 130 valence electrons. The Bertz CT molecular complexity index is 946. The number of H-pyrrole nitrogens is 1. The zero-order chi connectivity index (χ0) is 17.2. The van der Waals surface area contributed by atoms with Crippen molar-refractivity contribution in [1.29, 1.82) is 0 Å². The molecule has 0 atom stereocenters. The van der Waals surface area contributed by atoms with Gasteiger partial charge in [0.1, 0.15) is 10.7 Å². The van der Waals surface area contributed by atoms with E-state index in [4.69, 9.17) is 16.6 Å². The first-order chi connectivity index (χ1) is 12.2. The minimum atomic E-state index is -0.00372. The van der Waals surface area contributed by atoms with E-state index in [-0.39, 0.29) is 5.56 Å². The summed E-state index contributed by atoms with van der Waals surface area (Å²) in [4.78, 5) is 22.6. The lowest BCUT2D eigenvalue weighted by Gasteiger charge is -2.09.